The highest BCUT2D eigenvalue weighted by Crippen LogP contribution is 2.22. The maximum atomic E-state index is 11.8. The molecular weight excluding hydrogens is 375 g/mol. The molecule has 0 fully saturated rings. The summed E-state index contributed by atoms with van der Waals surface area (Å²) in [6.07, 6.45) is 0. The van der Waals surface area contributed by atoms with Gasteiger partial charge >= 0.3 is 0 Å². The lowest BCUT2D eigenvalue weighted by molar-refractivity contribution is -0.125. The molecule has 0 saturated carbocycles. The molecule has 0 aliphatic heterocycles. The monoisotopic (exact) mass is 392 g/mol. The minimum atomic E-state index is -0.425. The second-order valence-electron chi connectivity index (χ2n) is 5.43. The first kappa shape index (κ1) is 19.8. The molecule has 0 heterocycles. The molecule has 2 rings (SSSR count). The van der Waals surface area contributed by atoms with E-state index in [1.54, 1.807) is 44.2 Å². The number of amides is 1. The predicted octanol–water partition coefficient (Wildman–Crippen LogP) is 3.86. The van der Waals surface area contributed by atoms with Gasteiger partial charge in [0.15, 0.2) is 6.61 Å². The van der Waals surface area contributed by atoms with Crippen molar-refractivity contribution in [2.24, 2.45) is 10.3 Å². The number of halogens is 2. The van der Waals surface area contributed by atoms with Gasteiger partial charge in [-0.3, -0.25) is 4.79 Å². The standard InChI is InChI=1S/C18H18Cl2N4O2/c1-11(13-3-6-15(21)7-4-13)22-23-18(25)10-26-24-12(2)14-5-8-16(19)17(20)9-14/h3-9H,10,21H2,1-2H3,(H,23,25). The van der Waals surface area contributed by atoms with Gasteiger partial charge in [-0.25, -0.2) is 5.43 Å². The second kappa shape index (κ2) is 9.22. The lowest BCUT2D eigenvalue weighted by Gasteiger charge is -2.05. The summed E-state index contributed by atoms with van der Waals surface area (Å²) in [5, 5.41) is 8.79. The van der Waals surface area contributed by atoms with Crippen molar-refractivity contribution in [2.45, 2.75) is 13.8 Å². The first-order chi connectivity index (χ1) is 12.4. The number of anilines is 1. The van der Waals surface area contributed by atoms with E-state index in [2.05, 4.69) is 15.7 Å². The van der Waals surface area contributed by atoms with Gasteiger partial charge < -0.3 is 10.6 Å². The Morgan fingerprint density at radius 1 is 1.04 bits per heavy atom. The molecule has 0 aliphatic carbocycles. The van der Waals surface area contributed by atoms with Crippen molar-refractivity contribution in [1.29, 1.82) is 0 Å². The van der Waals surface area contributed by atoms with E-state index in [1.165, 1.54) is 0 Å². The van der Waals surface area contributed by atoms with Crippen molar-refractivity contribution in [3.8, 4) is 0 Å². The second-order valence-corrected chi connectivity index (χ2v) is 6.25. The summed E-state index contributed by atoms with van der Waals surface area (Å²) in [5.41, 5.74) is 11.5. The Hall–Kier alpha value is -2.57. The van der Waals surface area contributed by atoms with E-state index in [9.17, 15) is 4.79 Å². The van der Waals surface area contributed by atoms with Crippen molar-refractivity contribution in [3.05, 3.63) is 63.6 Å². The third-order valence-electron chi connectivity index (χ3n) is 3.41. The van der Waals surface area contributed by atoms with Crippen LogP contribution in [0.4, 0.5) is 5.69 Å². The molecule has 0 saturated heterocycles. The molecular formula is C18H18Cl2N4O2. The summed E-state index contributed by atoms with van der Waals surface area (Å²) in [6.45, 7) is 3.25. The van der Waals surface area contributed by atoms with Gasteiger partial charge in [0.05, 0.1) is 21.5 Å². The van der Waals surface area contributed by atoms with E-state index in [0.29, 0.717) is 27.2 Å². The van der Waals surface area contributed by atoms with Crippen LogP contribution in [-0.4, -0.2) is 23.9 Å². The molecule has 0 aliphatic rings. The summed E-state index contributed by atoms with van der Waals surface area (Å²) >= 11 is 11.8. The van der Waals surface area contributed by atoms with Crippen molar-refractivity contribution >= 4 is 46.2 Å². The van der Waals surface area contributed by atoms with E-state index < -0.39 is 5.91 Å². The minimum Gasteiger partial charge on any atom is -0.399 e. The summed E-state index contributed by atoms with van der Waals surface area (Å²) in [7, 11) is 0. The molecule has 0 bridgehead atoms. The van der Waals surface area contributed by atoms with Gasteiger partial charge in [0.1, 0.15) is 0 Å². The third-order valence-corrected chi connectivity index (χ3v) is 4.15. The number of nitrogen functional groups attached to an aromatic ring is 1. The van der Waals surface area contributed by atoms with Gasteiger partial charge in [0.25, 0.3) is 5.91 Å². The Labute approximate surface area is 161 Å². The average Bonchev–Trinajstić information content (AvgIpc) is 2.62. The number of rotatable bonds is 6. The predicted molar refractivity (Wildman–Crippen MR) is 106 cm³/mol. The van der Waals surface area contributed by atoms with Crippen LogP contribution in [0.2, 0.25) is 10.0 Å². The van der Waals surface area contributed by atoms with Gasteiger partial charge in [0, 0.05) is 11.3 Å². The number of hydrogen-bond acceptors (Lipinski definition) is 5. The number of carbonyl (C=O) groups is 1. The molecule has 0 atom stereocenters. The normalized spacial score (nSPS) is 12.0. The van der Waals surface area contributed by atoms with Crippen LogP contribution in [-0.2, 0) is 9.63 Å². The maximum absolute atomic E-state index is 11.8. The number of nitrogens with one attached hydrogen (secondary N) is 1. The average molecular weight is 393 g/mol. The number of carbonyl (C=O) groups excluding carboxylic acids is 1. The first-order valence-electron chi connectivity index (χ1n) is 7.68. The zero-order valence-corrected chi connectivity index (χ0v) is 15.8. The molecule has 0 unspecified atom stereocenters. The van der Waals surface area contributed by atoms with E-state index in [1.807, 2.05) is 12.1 Å². The number of nitrogens with two attached hydrogens (primary N) is 1. The number of hydrazone groups is 1. The van der Waals surface area contributed by atoms with Gasteiger partial charge in [-0.15, -0.1) is 0 Å². The summed E-state index contributed by atoms with van der Waals surface area (Å²) in [4.78, 5) is 16.8. The Balaban J connectivity index is 1.87. The minimum absolute atomic E-state index is 0.267. The summed E-state index contributed by atoms with van der Waals surface area (Å²) < 4.78 is 0. The smallest absolute Gasteiger partial charge is 0.280 e. The van der Waals surface area contributed by atoms with Crippen molar-refractivity contribution in [1.82, 2.24) is 5.43 Å². The van der Waals surface area contributed by atoms with Crippen LogP contribution in [0.15, 0.2) is 52.7 Å². The molecule has 0 aromatic heterocycles. The number of nitrogens with zero attached hydrogens (tertiary/aromatic N) is 2. The maximum Gasteiger partial charge on any atom is 0.280 e. The highest BCUT2D eigenvalue weighted by molar-refractivity contribution is 6.42. The van der Waals surface area contributed by atoms with Crippen LogP contribution in [0.3, 0.4) is 0 Å². The topological polar surface area (TPSA) is 89.1 Å². The molecule has 8 heteroatoms. The van der Waals surface area contributed by atoms with Crippen molar-refractivity contribution in [2.75, 3.05) is 12.3 Å². The van der Waals surface area contributed by atoms with E-state index in [-0.39, 0.29) is 6.61 Å². The van der Waals surface area contributed by atoms with Crippen molar-refractivity contribution < 1.29 is 9.63 Å². The summed E-state index contributed by atoms with van der Waals surface area (Å²) in [6, 6.07) is 12.3. The fourth-order valence-corrected chi connectivity index (χ4v) is 2.23. The number of benzene rings is 2. The number of oxime groups is 1. The van der Waals surface area contributed by atoms with E-state index in [4.69, 9.17) is 33.8 Å². The van der Waals surface area contributed by atoms with Crippen LogP contribution < -0.4 is 11.2 Å². The van der Waals surface area contributed by atoms with Gasteiger partial charge in [-0.05, 0) is 43.7 Å². The SMILES string of the molecule is CC(=NNC(=O)CON=C(C)c1ccc(Cl)c(Cl)c1)c1ccc(N)cc1. The molecule has 0 spiro atoms. The lowest BCUT2D eigenvalue weighted by atomic mass is 10.1. The van der Waals surface area contributed by atoms with Crippen LogP contribution in [0, 0.1) is 0 Å². The molecule has 1 amide bonds. The zero-order chi connectivity index (χ0) is 19.1. The molecule has 2 aromatic rings. The molecule has 136 valence electrons. The zero-order valence-electron chi connectivity index (χ0n) is 14.3. The third kappa shape index (κ3) is 5.75. The van der Waals surface area contributed by atoms with Crippen LogP contribution in [0.1, 0.15) is 25.0 Å². The van der Waals surface area contributed by atoms with E-state index >= 15 is 0 Å². The highest BCUT2D eigenvalue weighted by Gasteiger charge is 2.05. The largest absolute Gasteiger partial charge is 0.399 e. The molecule has 6 nitrogen and oxygen atoms in total. The Morgan fingerprint density at radius 3 is 2.35 bits per heavy atom. The van der Waals surface area contributed by atoms with Gasteiger partial charge in [0.2, 0.25) is 0 Å². The van der Waals surface area contributed by atoms with Crippen LogP contribution in [0.5, 0.6) is 0 Å². The van der Waals surface area contributed by atoms with Crippen LogP contribution >= 0.6 is 23.2 Å². The first-order valence-corrected chi connectivity index (χ1v) is 8.43. The Morgan fingerprint density at radius 2 is 1.69 bits per heavy atom. The highest BCUT2D eigenvalue weighted by atomic mass is 35.5. The molecule has 2 aromatic carbocycles. The van der Waals surface area contributed by atoms with Gasteiger partial charge in [-0.1, -0.05) is 46.6 Å². The Bertz CT molecular complexity index is 849. The molecule has 26 heavy (non-hydrogen) atoms. The molecule has 3 N–H and O–H groups in total. The lowest BCUT2D eigenvalue weighted by Crippen LogP contribution is -2.23. The fraction of sp³-hybridized carbons (Fsp3) is 0.167. The van der Waals surface area contributed by atoms with Crippen LogP contribution in [0.25, 0.3) is 0 Å². The fourth-order valence-electron chi connectivity index (χ4n) is 1.93. The quantitative estimate of drug-likeness (QED) is 0.444. The van der Waals surface area contributed by atoms with Crippen molar-refractivity contribution in [3.63, 3.8) is 0 Å². The van der Waals surface area contributed by atoms with E-state index in [0.717, 1.165) is 11.1 Å². The van der Waals surface area contributed by atoms with Gasteiger partial charge in [-0.2, -0.15) is 5.10 Å². The Kier molecular flexibility index (Phi) is 7.00. The number of hydrogen-bond donors (Lipinski definition) is 2. The molecule has 0 radical (unpaired) electrons. The summed E-state index contributed by atoms with van der Waals surface area (Å²) in [5.74, 6) is -0.425.